The molecule has 1 aliphatic carbocycles. The summed E-state index contributed by atoms with van der Waals surface area (Å²) in [5.41, 5.74) is -1.76. The topological polar surface area (TPSA) is 73.6 Å². The molecule has 6 heteroatoms. The highest BCUT2D eigenvalue weighted by Crippen LogP contribution is 2.80. The lowest BCUT2D eigenvalue weighted by molar-refractivity contribution is -0.140. The fourth-order valence-corrected chi connectivity index (χ4v) is 5.56. The Bertz CT molecular complexity index is 1180. The van der Waals surface area contributed by atoms with Gasteiger partial charge in [0.2, 0.25) is 5.78 Å². The van der Waals surface area contributed by atoms with Crippen molar-refractivity contribution in [2.75, 3.05) is 0 Å². The number of ketones is 2. The van der Waals surface area contributed by atoms with Crippen molar-refractivity contribution in [2.45, 2.75) is 19.3 Å². The molecular weight excluding hydrogens is 448 g/mol. The van der Waals surface area contributed by atoms with E-state index in [1.54, 1.807) is 42.5 Å². The second kappa shape index (κ2) is 6.51. The van der Waals surface area contributed by atoms with Gasteiger partial charge in [-0.25, -0.2) is 0 Å². The Hall–Kier alpha value is -2.99. The third-order valence-corrected chi connectivity index (χ3v) is 6.95. The summed E-state index contributed by atoms with van der Waals surface area (Å²) in [6.45, 7) is 1.83. The number of carbonyl (C=O) groups excluding carboxylic acids is 3. The lowest BCUT2D eigenvalue weighted by Gasteiger charge is -2.22. The minimum Gasteiger partial charge on any atom is -0.461 e. The van der Waals surface area contributed by atoms with Crippen LogP contribution in [0.4, 0.5) is 0 Å². The van der Waals surface area contributed by atoms with Crippen LogP contribution >= 0.6 is 15.9 Å². The fraction of sp³-hybridized carbons (Fsp3) is 0.208. The molecule has 0 spiro atoms. The summed E-state index contributed by atoms with van der Waals surface area (Å²) in [5, 5.41) is 0. The molecule has 1 fully saturated rings. The second-order valence-corrected chi connectivity index (χ2v) is 8.55. The first-order valence-electron chi connectivity index (χ1n) is 9.68. The summed E-state index contributed by atoms with van der Waals surface area (Å²) in [6.07, 6.45) is 1.69. The molecule has 1 saturated carbocycles. The molecule has 0 radical (unpaired) electrons. The van der Waals surface area contributed by atoms with Crippen LogP contribution in [0.2, 0.25) is 0 Å². The quantitative estimate of drug-likeness (QED) is 0.224. The van der Waals surface area contributed by atoms with Crippen molar-refractivity contribution in [3.63, 3.8) is 0 Å². The van der Waals surface area contributed by atoms with Crippen LogP contribution in [0, 0.1) is 10.8 Å². The minimum atomic E-state index is -1.65. The zero-order valence-electron chi connectivity index (χ0n) is 16.1. The average molecular weight is 465 g/mol. The number of carbonyl (C=O) groups is 3. The lowest BCUT2D eigenvalue weighted by atomic mass is 9.80. The van der Waals surface area contributed by atoms with E-state index in [1.807, 2.05) is 19.1 Å². The number of esters is 1. The fourth-order valence-electron chi connectivity index (χ4n) is 5.18. The van der Waals surface area contributed by atoms with E-state index in [-0.39, 0.29) is 11.5 Å². The Labute approximate surface area is 181 Å². The van der Waals surface area contributed by atoms with E-state index in [2.05, 4.69) is 15.9 Å². The standard InChI is InChI=1S/C24H17BrO5/c1-2-23(20(26)14-7-4-3-5-8-14)19-16-13-15(25)10-11-17(16)30-22(28)24(19,23)21(27)18-9-6-12-29-18/h3-13,19H,2H2,1H3/t19-,23-,24-/m1/s1. The molecule has 2 heterocycles. The maximum Gasteiger partial charge on any atom is 0.327 e. The maximum absolute atomic E-state index is 13.8. The molecule has 0 amide bonds. The molecule has 3 aromatic rings. The van der Waals surface area contributed by atoms with Crippen LogP contribution < -0.4 is 4.74 Å². The number of ether oxygens (including phenoxy) is 1. The van der Waals surface area contributed by atoms with Gasteiger partial charge >= 0.3 is 5.97 Å². The van der Waals surface area contributed by atoms with Gasteiger partial charge in [0.25, 0.3) is 0 Å². The zero-order chi connectivity index (χ0) is 21.1. The van der Waals surface area contributed by atoms with Crippen LogP contribution in [0.5, 0.6) is 5.75 Å². The van der Waals surface area contributed by atoms with E-state index in [0.29, 0.717) is 23.3 Å². The molecule has 5 nitrogen and oxygen atoms in total. The van der Waals surface area contributed by atoms with Gasteiger partial charge in [-0.1, -0.05) is 53.2 Å². The van der Waals surface area contributed by atoms with Crippen molar-refractivity contribution < 1.29 is 23.5 Å². The number of rotatable bonds is 5. The normalized spacial score (nSPS) is 26.3. The Morgan fingerprint density at radius 2 is 1.80 bits per heavy atom. The predicted molar refractivity (Wildman–Crippen MR) is 111 cm³/mol. The molecule has 3 atom stereocenters. The molecule has 2 aromatic carbocycles. The van der Waals surface area contributed by atoms with E-state index < -0.39 is 28.5 Å². The molecule has 0 N–H and O–H groups in total. The van der Waals surface area contributed by atoms with E-state index in [9.17, 15) is 14.4 Å². The largest absolute Gasteiger partial charge is 0.461 e. The van der Waals surface area contributed by atoms with Gasteiger partial charge in [0, 0.05) is 21.5 Å². The molecule has 0 saturated heterocycles. The van der Waals surface area contributed by atoms with Crippen LogP contribution in [-0.2, 0) is 4.79 Å². The minimum absolute atomic E-state index is 0.0478. The molecule has 0 bridgehead atoms. The smallest absolute Gasteiger partial charge is 0.327 e. The predicted octanol–water partition coefficient (Wildman–Crippen LogP) is 5.21. The van der Waals surface area contributed by atoms with Crippen molar-refractivity contribution in [1.82, 2.24) is 0 Å². The average Bonchev–Trinajstić information content (AvgIpc) is 3.07. The number of Topliss-reactive ketones (excluding diaryl/α,β-unsaturated/α-hetero) is 2. The van der Waals surface area contributed by atoms with Crippen LogP contribution in [-0.4, -0.2) is 17.5 Å². The highest BCUT2D eigenvalue weighted by atomic mass is 79.9. The van der Waals surface area contributed by atoms with Gasteiger partial charge in [0.15, 0.2) is 17.0 Å². The maximum atomic E-state index is 13.8. The van der Waals surface area contributed by atoms with E-state index in [1.165, 1.54) is 12.3 Å². The molecule has 0 unspecified atom stereocenters. The summed E-state index contributed by atoms with van der Waals surface area (Å²) < 4.78 is 11.8. The Kier molecular flexibility index (Phi) is 4.12. The van der Waals surface area contributed by atoms with Crippen molar-refractivity contribution in [3.05, 3.63) is 88.3 Å². The van der Waals surface area contributed by atoms with Crippen molar-refractivity contribution in [1.29, 1.82) is 0 Å². The third-order valence-electron chi connectivity index (χ3n) is 6.46. The summed E-state index contributed by atoms with van der Waals surface area (Å²) in [6, 6.07) is 17.2. The van der Waals surface area contributed by atoms with Crippen molar-refractivity contribution >= 4 is 33.5 Å². The summed E-state index contributed by atoms with van der Waals surface area (Å²) in [7, 11) is 0. The Morgan fingerprint density at radius 1 is 1.03 bits per heavy atom. The van der Waals surface area contributed by atoms with Crippen molar-refractivity contribution in [3.8, 4) is 5.75 Å². The van der Waals surface area contributed by atoms with Gasteiger partial charge in [-0.3, -0.25) is 14.4 Å². The van der Waals surface area contributed by atoms with E-state index in [4.69, 9.17) is 9.15 Å². The first-order valence-corrected chi connectivity index (χ1v) is 10.5. The van der Waals surface area contributed by atoms with Gasteiger partial charge in [-0.2, -0.15) is 0 Å². The number of furan rings is 1. The zero-order valence-corrected chi connectivity index (χ0v) is 17.6. The van der Waals surface area contributed by atoms with Crippen LogP contribution in [0.3, 0.4) is 0 Å². The van der Waals surface area contributed by atoms with E-state index >= 15 is 0 Å². The summed E-state index contributed by atoms with van der Waals surface area (Å²) in [4.78, 5) is 40.9. The molecule has 1 aliphatic heterocycles. The van der Waals surface area contributed by atoms with Crippen molar-refractivity contribution in [2.24, 2.45) is 10.8 Å². The van der Waals surface area contributed by atoms with Crippen LogP contribution in [0.25, 0.3) is 0 Å². The first-order chi connectivity index (χ1) is 14.5. The Balaban J connectivity index is 1.78. The third kappa shape index (κ3) is 2.20. The van der Waals surface area contributed by atoms with Gasteiger partial charge in [-0.15, -0.1) is 0 Å². The molecule has 150 valence electrons. The molecular formula is C24H17BrO5. The van der Waals surface area contributed by atoms with Gasteiger partial charge in [0.05, 0.1) is 11.7 Å². The molecule has 5 rings (SSSR count). The molecule has 30 heavy (non-hydrogen) atoms. The van der Waals surface area contributed by atoms with E-state index in [0.717, 1.165) is 4.47 Å². The van der Waals surface area contributed by atoms with Gasteiger partial charge < -0.3 is 9.15 Å². The molecule has 2 aliphatic rings. The SMILES string of the molecule is CC[C@]1(C(=O)c2ccccc2)[C@H]2c3cc(Br)ccc3OC(=O)[C@]21C(=O)c1ccco1. The number of halogens is 1. The van der Waals surface area contributed by atoms with Gasteiger partial charge in [-0.05, 0) is 36.8 Å². The lowest BCUT2D eigenvalue weighted by Crippen LogP contribution is -2.39. The second-order valence-electron chi connectivity index (χ2n) is 7.64. The summed E-state index contributed by atoms with van der Waals surface area (Å²) >= 11 is 3.46. The highest BCUT2D eigenvalue weighted by molar-refractivity contribution is 9.10. The monoisotopic (exact) mass is 464 g/mol. The highest BCUT2D eigenvalue weighted by Gasteiger charge is 2.89. The van der Waals surface area contributed by atoms with Gasteiger partial charge in [0.1, 0.15) is 5.75 Å². The number of fused-ring (bicyclic) bond motifs is 3. The number of benzene rings is 2. The summed E-state index contributed by atoms with van der Waals surface area (Å²) in [5.74, 6) is -1.65. The number of hydrogen-bond acceptors (Lipinski definition) is 5. The number of hydrogen-bond donors (Lipinski definition) is 0. The van der Waals surface area contributed by atoms with Crippen LogP contribution in [0.1, 0.15) is 45.7 Å². The van der Waals surface area contributed by atoms with Crippen LogP contribution in [0.15, 0.2) is 75.8 Å². The molecule has 1 aromatic heterocycles. The first kappa shape index (κ1) is 19.0. The Morgan fingerprint density at radius 3 is 2.47 bits per heavy atom.